The summed E-state index contributed by atoms with van der Waals surface area (Å²) in [6, 6.07) is 13.8. The van der Waals surface area contributed by atoms with Crippen molar-refractivity contribution in [2.45, 2.75) is 20.3 Å². The van der Waals surface area contributed by atoms with Crippen molar-refractivity contribution in [1.82, 2.24) is 5.32 Å². The minimum absolute atomic E-state index is 0.0192. The van der Waals surface area contributed by atoms with Gasteiger partial charge in [-0.05, 0) is 30.9 Å². The van der Waals surface area contributed by atoms with Crippen molar-refractivity contribution >= 4 is 23.0 Å². The highest BCUT2D eigenvalue weighted by molar-refractivity contribution is 7.12. The summed E-state index contributed by atoms with van der Waals surface area (Å²) in [5, 5.41) is 4.83. The fourth-order valence-electron chi connectivity index (χ4n) is 2.02. The molecule has 2 rings (SSSR count). The Bertz CT molecular complexity index is 658. The molecule has 0 bridgehead atoms. The lowest BCUT2D eigenvalue weighted by Crippen LogP contribution is -2.23. The van der Waals surface area contributed by atoms with Crippen LogP contribution in [0.1, 0.15) is 35.5 Å². The zero-order chi connectivity index (χ0) is 15.8. The highest BCUT2D eigenvalue weighted by atomic mass is 32.1. The highest BCUT2D eigenvalue weighted by Crippen LogP contribution is 2.10. The van der Waals surface area contributed by atoms with E-state index in [-0.39, 0.29) is 5.91 Å². The van der Waals surface area contributed by atoms with E-state index >= 15 is 0 Å². The van der Waals surface area contributed by atoms with Crippen molar-refractivity contribution in [3.63, 3.8) is 0 Å². The smallest absolute Gasteiger partial charge is 0.261 e. The van der Waals surface area contributed by atoms with Crippen molar-refractivity contribution < 1.29 is 4.79 Å². The van der Waals surface area contributed by atoms with Crippen LogP contribution in [-0.4, -0.2) is 18.2 Å². The zero-order valence-electron chi connectivity index (χ0n) is 12.9. The number of rotatable bonds is 6. The molecule has 1 N–H and O–H groups in total. The third-order valence-electron chi connectivity index (χ3n) is 3.25. The van der Waals surface area contributed by atoms with E-state index in [9.17, 15) is 4.79 Å². The van der Waals surface area contributed by atoms with E-state index in [1.54, 1.807) is 0 Å². The topological polar surface area (TPSA) is 41.5 Å². The largest absolute Gasteiger partial charge is 0.351 e. The third kappa shape index (κ3) is 4.67. The number of thiophene rings is 1. The Labute approximate surface area is 135 Å². The van der Waals surface area contributed by atoms with Gasteiger partial charge < -0.3 is 5.32 Å². The van der Waals surface area contributed by atoms with Crippen LogP contribution in [0, 0.1) is 0 Å². The first kappa shape index (κ1) is 16.2. The standard InChI is InChI=1S/C18H20N2OS/c1-3-16(20-14(2)15-8-5-4-6-9-15)11-12-19-18(21)17-10-7-13-22-17/h3-10,13H,11-12H2,1-2H3,(H,19,21)/b16-3-,20-14?. The van der Waals surface area contributed by atoms with Crippen LogP contribution < -0.4 is 5.32 Å². The van der Waals surface area contributed by atoms with Crippen LogP contribution in [0.3, 0.4) is 0 Å². The first-order valence-corrected chi connectivity index (χ1v) is 8.16. The predicted molar refractivity (Wildman–Crippen MR) is 93.7 cm³/mol. The predicted octanol–water partition coefficient (Wildman–Crippen LogP) is 4.28. The molecule has 114 valence electrons. The van der Waals surface area contributed by atoms with E-state index in [2.05, 4.69) is 10.3 Å². The first-order valence-electron chi connectivity index (χ1n) is 7.28. The molecule has 0 saturated heterocycles. The first-order chi connectivity index (χ1) is 10.7. The maximum atomic E-state index is 11.9. The molecule has 4 heteroatoms. The van der Waals surface area contributed by atoms with Crippen molar-refractivity contribution in [3.05, 3.63) is 70.1 Å². The molecule has 1 heterocycles. The molecule has 0 fully saturated rings. The van der Waals surface area contributed by atoms with Gasteiger partial charge in [-0.1, -0.05) is 42.5 Å². The molecule has 0 aliphatic heterocycles. The summed E-state index contributed by atoms with van der Waals surface area (Å²) in [5.74, 6) is -0.0192. The number of nitrogens with one attached hydrogen (secondary N) is 1. The second-order valence-electron chi connectivity index (χ2n) is 4.83. The number of amides is 1. The van der Waals surface area contributed by atoms with Gasteiger partial charge in [0.25, 0.3) is 5.91 Å². The lowest BCUT2D eigenvalue weighted by molar-refractivity contribution is 0.0958. The average Bonchev–Trinajstić information content (AvgIpc) is 3.09. The summed E-state index contributed by atoms with van der Waals surface area (Å²) < 4.78 is 0. The fraction of sp³-hybridized carbons (Fsp3) is 0.222. The normalized spacial score (nSPS) is 12.3. The van der Waals surface area contributed by atoms with Gasteiger partial charge in [-0.15, -0.1) is 11.3 Å². The molecule has 0 atom stereocenters. The zero-order valence-corrected chi connectivity index (χ0v) is 13.7. The lowest BCUT2D eigenvalue weighted by Gasteiger charge is -2.06. The van der Waals surface area contributed by atoms with E-state index in [1.165, 1.54) is 11.3 Å². The number of allylic oxidation sites excluding steroid dienone is 1. The van der Waals surface area contributed by atoms with E-state index < -0.39 is 0 Å². The monoisotopic (exact) mass is 312 g/mol. The van der Waals surface area contributed by atoms with E-state index in [0.29, 0.717) is 6.54 Å². The molecule has 0 aliphatic carbocycles. The Hall–Kier alpha value is -2.20. The number of carbonyl (C=O) groups is 1. The maximum absolute atomic E-state index is 11.9. The van der Waals surface area contributed by atoms with Gasteiger partial charge in [-0.25, -0.2) is 0 Å². The summed E-state index contributed by atoms with van der Waals surface area (Å²) in [4.78, 5) is 17.3. The van der Waals surface area contributed by atoms with Crippen LogP contribution >= 0.6 is 11.3 Å². The molecule has 2 aromatic rings. The lowest BCUT2D eigenvalue weighted by atomic mass is 10.1. The third-order valence-corrected chi connectivity index (χ3v) is 4.12. The van der Waals surface area contributed by atoms with Crippen molar-refractivity contribution in [3.8, 4) is 0 Å². The van der Waals surface area contributed by atoms with Crippen LogP contribution in [0.25, 0.3) is 0 Å². The number of hydrogen-bond acceptors (Lipinski definition) is 3. The summed E-state index contributed by atoms with van der Waals surface area (Å²) >= 11 is 1.45. The molecule has 0 saturated carbocycles. The Morgan fingerprint density at radius 1 is 1.23 bits per heavy atom. The average molecular weight is 312 g/mol. The van der Waals surface area contributed by atoms with Crippen molar-refractivity contribution in [2.24, 2.45) is 4.99 Å². The summed E-state index contributed by atoms with van der Waals surface area (Å²) in [5.41, 5.74) is 3.08. The number of carbonyl (C=O) groups excluding carboxylic acids is 1. The Balaban J connectivity index is 1.89. The summed E-state index contributed by atoms with van der Waals surface area (Å²) in [6.45, 7) is 4.56. The number of hydrogen-bond donors (Lipinski definition) is 1. The molecular formula is C18H20N2OS. The molecule has 0 unspecified atom stereocenters. The quantitative estimate of drug-likeness (QED) is 0.795. The maximum Gasteiger partial charge on any atom is 0.261 e. The molecule has 1 amide bonds. The highest BCUT2D eigenvalue weighted by Gasteiger charge is 2.05. The SMILES string of the molecule is C/C=C(/CCNC(=O)c1cccs1)N=C(C)c1ccccc1. The minimum atomic E-state index is -0.0192. The number of nitrogens with zero attached hydrogens (tertiary/aromatic N) is 1. The molecule has 0 aliphatic rings. The Kier molecular flexibility index (Phi) is 6.10. The van der Waals surface area contributed by atoms with Crippen LogP contribution in [0.2, 0.25) is 0 Å². The molecule has 0 radical (unpaired) electrons. The molecule has 1 aromatic heterocycles. The van der Waals surface area contributed by atoms with Gasteiger partial charge in [-0.2, -0.15) is 0 Å². The number of benzene rings is 1. The van der Waals surface area contributed by atoms with Gasteiger partial charge in [0.1, 0.15) is 0 Å². The van der Waals surface area contributed by atoms with Crippen LogP contribution in [0.5, 0.6) is 0 Å². The van der Waals surface area contributed by atoms with Crippen LogP contribution in [0.15, 0.2) is 64.6 Å². The van der Waals surface area contributed by atoms with Gasteiger partial charge in [0.05, 0.1) is 4.88 Å². The Morgan fingerprint density at radius 3 is 2.64 bits per heavy atom. The molecule has 0 spiro atoms. The van der Waals surface area contributed by atoms with Crippen LogP contribution in [0.4, 0.5) is 0 Å². The second-order valence-corrected chi connectivity index (χ2v) is 5.77. The van der Waals surface area contributed by atoms with Gasteiger partial charge >= 0.3 is 0 Å². The van der Waals surface area contributed by atoms with Gasteiger partial charge in [0, 0.05) is 24.4 Å². The van der Waals surface area contributed by atoms with E-state index in [4.69, 9.17) is 0 Å². The summed E-state index contributed by atoms with van der Waals surface area (Å²) in [7, 11) is 0. The Morgan fingerprint density at radius 2 is 2.00 bits per heavy atom. The molecule has 3 nitrogen and oxygen atoms in total. The second kappa shape index (κ2) is 8.29. The van der Waals surface area contributed by atoms with Gasteiger partial charge in [0.15, 0.2) is 0 Å². The number of aliphatic imine (C=N–C) groups is 1. The van der Waals surface area contributed by atoms with Crippen molar-refractivity contribution in [1.29, 1.82) is 0 Å². The summed E-state index contributed by atoms with van der Waals surface area (Å²) in [6.07, 6.45) is 2.71. The fourth-order valence-corrected chi connectivity index (χ4v) is 2.66. The van der Waals surface area contributed by atoms with Crippen molar-refractivity contribution in [2.75, 3.05) is 6.54 Å². The van der Waals surface area contributed by atoms with Gasteiger partial charge in [-0.3, -0.25) is 9.79 Å². The molecular weight excluding hydrogens is 292 g/mol. The minimum Gasteiger partial charge on any atom is -0.351 e. The van der Waals surface area contributed by atoms with E-state index in [1.807, 2.05) is 67.8 Å². The van der Waals surface area contributed by atoms with Crippen LogP contribution in [-0.2, 0) is 0 Å². The molecule has 22 heavy (non-hydrogen) atoms. The van der Waals surface area contributed by atoms with Gasteiger partial charge in [0.2, 0.25) is 0 Å². The molecule has 1 aromatic carbocycles. The van der Waals surface area contributed by atoms with E-state index in [0.717, 1.165) is 28.3 Å².